The van der Waals surface area contributed by atoms with Crippen molar-refractivity contribution in [3.8, 4) is 17.2 Å². The van der Waals surface area contributed by atoms with Crippen molar-refractivity contribution < 1.29 is 28.5 Å². The summed E-state index contributed by atoms with van der Waals surface area (Å²) in [7, 11) is 1.59. The Morgan fingerprint density at radius 1 is 1.15 bits per heavy atom. The normalized spacial score (nSPS) is 13.7. The van der Waals surface area contributed by atoms with E-state index in [9.17, 15) is 9.59 Å². The summed E-state index contributed by atoms with van der Waals surface area (Å²) in [5.41, 5.74) is 1.25. The van der Waals surface area contributed by atoms with Crippen LogP contribution < -0.4 is 14.2 Å². The second-order valence-electron chi connectivity index (χ2n) is 5.63. The summed E-state index contributed by atoms with van der Waals surface area (Å²) in [5, 5.41) is 0. The van der Waals surface area contributed by atoms with E-state index in [4.69, 9.17) is 18.9 Å². The van der Waals surface area contributed by atoms with Crippen molar-refractivity contribution in [1.29, 1.82) is 0 Å². The quantitative estimate of drug-likeness (QED) is 0.425. The Hall–Kier alpha value is -3.54. The van der Waals surface area contributed by atoms with E-state index in [0.29, 0.717) is 17.1 Å². The summed E-state index contributed by atoms with van der Waals surface area (Å²) in [6.07, 6.45) is 3.14. The van der Waals surface area contributed by atoms with Crippen LogP contribution in [0, 0.1) is 0 Å². The highest BCUT2D eigenvalue weighted by Gasteiger charge is 2.27. The number of rotatable bonds is 7. The van der Waals surface area contributed by atoms with Crippen molar-refractivity contribution in [2.75, 3.05) is 20.3 Å². The predicted molar refractivity (Wildman–Crippen MR) is 99.0 cm³/mol. The Kier molecular flexibility index (Phi) is 5.56. The maximum atomic E-state index is 12.5. The molecule has 0 bridgehead atoms. The number of esters is 1. The fourth-order valence-corrected chi connectivity index (χ4v) is 2.44. The van der Waals surface area contributed by atoms with Crippen molar-refractivity contribution in [2.24, 2.45) is 0 Å². The summed E-state index contributed by atoms with van der Waals surface area (Å²) in [4.78, 5) is 23.9. The van der Waals surface area contributed by atoms with Crippen LogP contribution in [-0.2, 0) is 9.53 Å². The van der Waals surface area contributed by atoms with Gasteiger partial charge in [-0.15, -0.1) is 0 Å². The van der Waals surface area contributed by atoms with E-state index in [1.165, 1.54) is 6.08 Å². The van der Waals surface area contributed by atoms with Crippen molar-refractivity contribution in [1.82, 2.24) is 0 Å². The van der Waals surface area contributed by atoms with Crippen LogP contribution in [-0.4, -0.2) is 32.1 Å². The molecule has 0 radical (unpaired) electrons. The third-order valence-electron chi connectivity index (χ3n) is 3.77. The van der Waals surface area contributed by atoms with Gasteiger partial charge in [0.05, 0.1) is 12.7 Å². The molecule has 0 spiro atoms. The van der Waals surface area contributed by atoms with E-state index in [1.54, 1.807) is 43.5 Å². The number of carbonyl (C=O) groups is 2. The lowest BCUT2D eigenvalue weighted by Gasteiger charge is -2.06. The molecule has 0 saturated carbocycles. The first-order valence-electron chi connectivity index (χ1n) is 8.22. The van der Waals surface area contributed by atoms with Crippen molar-refractivity contribution >= 4 is 17.8 Å². The van der Waals surface area contributed by atoms with Crippen LogP contribution in [0.15, 0.2) is 60.9 Å². The number of fused-ring (bicyclic) bond motifs is 1. The number of methoxy groups -OCH3 is 1. The average molecular weight is 366 g/mol. The molecule has 2 aromatic rings. The first kappa shape index (κ1) is 18.3. The third kappa shape index (κ3) is 4.36. The van der Waals surface area contributed by atoms with E-state index in [0.717, 1.165) is 11.3 Å². The third-order valence-corrected chi connectivity index (χ3v) is 3.77. The van der Waals surface area contributed by atoms with E-state index >= 15 is 0 Å². The first-order valence-corrected chi connectivity index (χ1v) is 8.22. The van der Waals surface area contributed by atoms with Gasteiger partial charge in [0.1, 0.15) is 23.9 Å². The molecule has 0 amide bonds. The molecule has 27 heavy (non-hydrogen) atoms. The molecule has 6 heteroatoms. The molecule has 138 valence electrons. The van der Waals surface area contributed by atoms with Crippen LogP contribution in [0.5, 0.6) is 17.2 Å². The Balaban J connectivity index is 1.70. The molecule has 0 aromatic heterocycles. The van der Waals surface area contributed by atoms with Crippen molar-refractivity contribution in [2.45, 2.75) is 0 Å². The molecule has 1 heterocycles. The topological polar surface area (TPSA) is 71.1 Å². The highest BCUT2D eigenvalue weighted by Crippen LogP contribution is 2.35. The highest BCUT2D eigenvalue weighted by molar-refractivity contribution is 6.14. The minimum Gasteiger partial charge on any atom is -0.497 e. The largest absolute Gasteiger partial charge is 0.497 e. The molecule has 2 aromatic carbocycles. The SMILES string of the molecule is C=CCOC(=O)COc1ccc2c(c1)OC(=Cc1ccc(OC)cc1)C2=O. The Morgan fingerprint density at radius 3 is 2.59 bits per heavy atom. The van der Waals surface area contributed by atoms with Crippen molar-refractivity contribution in [3.63, 3.8) is 0 Å². The van der Waals surface area contributed by atoms with Gasteiger partial charge in [-0.25, -0.2) is 4.79 Å². The Labute approximate surface area is 156 Å². The molecule has 0 unspecified atom stereocenters. The van der Waals surface area contributed by atoms with Crippen LogP contribution >= 0.6 is 0 Å². The van der Waals surface area contributed by atoms with Gasteiger partial charge in [-0.1, -0.05) is 24.8 Å². The number of ketones is 1. The number of hydrogen-bond donors (Lipinski definition) is 0. The summed E-state index contributed by atoms with van der Waals surface area (Å²) in [5.74, 6) is 1.02. The van der Waals surface area contributed by atoms with Gasteiger partial charge < -0.3 is 18.9 Å². The summed E-state index contributed by atoms with van der Waals surface area (Å²) in [6.45, 7) is 3.35. The van der Waals surface area contributed by atoms with Gasteiger partial charge in [0.2, 0.25) is 5.78 Å². The zero-order chi connectivity index (χ0) is 19.2. The van der Waals surface area contributed by atoms with E-state index < -0.39 is 5.97 Å². The molecule has 1 aliphatic heterocycles. The number of Topliss-reactive ketones (excluding diaryl/α,β-unsaturated/α-hetero) is 1. The van der Waals surface area contributed by atoms with Gasteiger partial charge in [-0.05, 0) is 35.9 Å². The monoisotopic (exact) mass is 366 g/mol. The molecule has 0 saturated heterocycles. The first-order chi connectivity index (χ1) is 13.1. The molecule has 0 aliphatic carbocycles. The predicted octanol–water partition coefficient (Wildman–Crippen LogP) is 3.42. The maximum absolute atomic E-state index is 12.5. The standard InChI is InChI=1S/C21H18O6/c1-3-10-25-20(22)13-26-16-8-9-17-18(12-16)27-19(21(17)23)11-14-4-6-15(24-2)7-5-14/h3-9,11-12H,1,10,13H2,2H3. The number of carbonyl (C=O) groups excluding carboxylic acids is 2. The lowest BCUT2D eigenvalue weighted by atomic mass is 10.1. The second kappa shape index (κ2) is 8.23. The van der Waals surface area contributed by atoms with E-state index in [-0.39, 0.29) is 24.8 Å². The highest BCUT2D eigenvalue weighted by atomic mass is 16.6. The van der Waals surface area contributed by atoms with Crippen molar-refractivity contribution in [3.05, 3.63) is 72.0 Å². The summed E-state index contributed by atoms with van der Waals surface area (Å²) >= 11 is 0. The molecular formula is C21H18O6. The van der Waals surface area contributed by atoms with Gasteiger partial charge in [-0.2, -0.15) is 0 Å². The summed E-state index contributed by atoms with van der Waals surface area (Å²) < 4.78 is 21.0. The van der Waals surface area contributed by atoms with Crippen LogP contribution in [0.3, 0.4) is 0 Å². The van der Waals surface area contributed by atoms with Crippen LogP contribution in [0.25, 0.3) is 6.08 Å². The zero-order valence-corrected chi connectivity index (χ0v) is 14.8. The fraction of sp³-hybridized carbons (Fsp3) is 0.143. The molecule has 0 atom stereocenters. The number of allylic oxidation sites excluding steroid dienone is 1. The lowest BCUT2D eigenvalue weighted by molar-refractivity contribution is -0.144. The van der Waals surface area contributed by atoms with Gasteiger partial charge in [0, 0.05) is 6.07 Å². The van der Waals surface area contributed by atoms with E-state index in [2.05, 4.69) is 6.58 Å². The van der Waals surface area contributed by atoms with Gasteiger partial charge in [0.15, 0.2) is 12.4 Å². The molecule has 6 nitrogen and oxygen atoms in total. The van der Waals surface area contributed by atoms with Crippen LogP contribution in [0.4, 0.5) is 0 Å². The van der Waals surface area contributed by atoms with Crippen LogP contribution in [0.2, 0.25) is 0 Å². The fourth-order valence-electron chi connectivity index (χ4n) is 2.44. The van der Waals surface area contributed by atoms with Crippen LogP contribution in [0.1, 0.15) is 15.9 Å². The lowest BCUT2D eigenvalue weighted by Crippen LogP contribution is -2.14. The Morgan fingerprint density at radius 2 is 1.89 bits per heavy atom. The molecule has 0 N–H and O–H groups in total. The molecule has 1 aliphatic rings. The minimum absolute atomic E-state index is 0.128. The molecule has 3 rings (SSSR count). The number of ether oxygens (including phenoxy) is 4. The zero-order valence-electron chi connectivity index (χ0n) is 14.8. The molecule has 0 fully saturated rings. The van der Waals surface area contributed by atoms with Gasteiger partial charge in [-0.3, -0.25) is 4.79 Å². The smallest absolute Gasteiger partial charge is 0.344 e. The number of benzene rings is 2. The second-order valence-corrected chi connectivity index (χ2v) is 5.63. The van der Waals surface area contributed by atoms with Gasteiger partial charge in [0.25, 0.3) is 0 Å². The van der Waals surface area contributed by atoms with Gasteiger partial charge >= 0.3 is 5.97 Å². The average Bonchev–Trinajstić information content (AvgIpc) is 3.00. The minimum atomic E-state index is -0.507. The Bertz CT molecular complexity index is 895. The number of hydrogen-bond acceptors (Lipinski definition) is 6. The summed E-state index contributed by atoms with van der Waals surface area (Å²) in [6, 6.07) is 12.0. The maximum Gasteiger partial charge on any atom is 0.344 e. The van der Waals surface area contributed by atoms with E-state index in [1.807, 2.05) is 12.1 Å². The molecular weight excluding hydrogens is 348 g/mol.